The zero-order valence-electron chi connectivity index (χ0n) is 10.8. The van der Waals surface area contributed by atoms with Gasteiger partial charge in [-0.15, -0.1) is 12.4 Å². The monoisotopic (exact) mass is 272 g/mol. The van der Waals surface area contributed by atoms with Crippen LogP contribution in [0.5, 0.6) is 5.75 Å². The van der Waals surface area contributed by atoms with Crippen molar-refractivity contribution >= 4 is 18.3 Å². The van der Waals surface area contributed by atoms with E-state index in [2.05, 4.69) is 5.32 Å². The molecule has 0 fully saturated rings. The summed E-state index contributed by atoms with van der Waals surface area (Å²) in [6, 6.07) is 7.32. The number of amides is 1. The molecule has 4 nitrogen and oxygen atoms in total. The van der Waals surface area contributed by atoms with Crippen molar-refractivity contribution in [1.82, 2.24) is 5.32 Å². The van der Waals surface area contributed by atoms with E-state index in [-0.39, 0.29) is 24.4 Å². The van der Waals surface area contributed by atoms with Crippen molar-refractivity contribution in [2.24, 2.45) is 5.73 Å². The summed E-state index contributed by atoms with van der Waals surface area (Å²) in [6.07, 6.45) is 0.766. The molecule has 0 heterocycles. The number of hydrogen-bond donors (Lipinski definition) is 2. The predicted octanol–water partition coefficient (Wildman–Crippen LogP) is 1.97. The van der Waals surface area contributed by atoms with Gasteiger partial charge in [0.2, 0.25) is 0 Å². The Morgan fingerprint density at radius 1 is 1.44 bits per heavy atom. The molecule has 3 N–H and O–H groups in total. The number of benzene rings is 1. The van der Waals surface area contributed by atoms with Crippen LogP contribution < -0.4 is 15.8 Å². The van der Waals surface area contributed by atoms with Crippen LogP contribution in [0, 0.1) is 0 Å². The molecule has 1 aromatic rings. The van der Waals surface area contributed by atoms with Crippen molar-refractivity contribution < 1.29 is 9.53 Å². The van der Waals surface area contributed by atoms with E-state index >= 15 is 0 Å². The number of hydrogen-bond acceptors (Lipinski definition) is 3. The molecule has 1 unspecified atom stereocenters. The van der Waals surface area contributed by atoms with Gasteiger partial charge in [-0.05, 0) is 32.4 Å². The second-order valence-corrected chi connectivity index (χ2v) is 3.95. The van der Waals surface area contributed by atoms with Crippen LogP contribution in [-0.4, -0.2) is 25.1 Å². The average Bonchev–Trinajstić information content (AvgIpc) is 2.29. The molecule has 5 heteroatoms. The number of carbonyl (C=O) groups excluding carboxylic acids is 1. The van der Waals surface area contributed by atoms with E-state index in [1.54, 1.807) is 12.1 Å². The van der Waals surface area contributed by atoms with E-state index in [0.717, 1.165) is 6.42 Å². The smallest absolute Gasteiger partial charge is 0.255 e. The first-order valence-electron chi connectivity index (χ1n) is 5.90. The summed E-state index contributed by atoms with van der Waals surface area (Å²) in [7, 11) is 0. The molecule has 0 saturated carbocycles. The molecule has 0 aliphatic rings. The third kappa shape index (κ3) is 5.38. The molecule has 0 aromatic heterocycles. The minimum Gasteiger partial charge on any atom is -0.493 e. The third-order valence-electron chi connectivity index (χ3n) is 2.32. The maximum atomic E-state index is 11.9. The van der Waals surface area contributed by atoms with Gasteiger partial charge in [0.15, 0.2) is 0 Å². The number of nitrogens with two attached hydrogens (primary N) is 1. The number of carbonyl (C=O) groups is 1. The Morgan fingerprint density at radius 3 is 2.72 bits per heavy atom. The first-order valence-corrected chi connectivity index (χ1v) is 5.90. The average molecular weight is 273 g/mol. The summed E-state index contributed by atoms with van der Waals surface area (Å²) < 4.78 is 5.40. The maximum Gasteiger partial charge on any atom is 0.255 e. The zero-order chi connectivity index (χ0) is 12.7. The van der Waals surface area contributed by atoms with E-state index in [9.17, 15) is 4.79 Å². The normalized spacial score (nSPS) is 11.3. The van der Waals surface area contributed by atoms with Crippen molar-refractivity contribution in [3.63, 3.8) is 0 Å². The predicted molar refractivity (Wildman–Crippen MR) is 75.5 cm³/mol. The van der Waals surface area contributed by atoms with Crippen molar-refractivity contribution in [2.75, 3.05) is 13.2 Å². The Morgan fingerprint density at radius 2 is 2.11 bits per heavy atom. The van der Waals surface area contributed by atoms with Crippen molar-refractivity contribution in [2.45, 2.75) is 26.3 Å². The van der Waals surface area contributed by atoms with Crippen LogP contribution in [0.1, 0.15) is 30.6 Å². The fraction of sp³-hybridized carbons (Fsp3) is 0.462. The summed E-state index contributed by atoms with van der Waals surface area (Å²) >= 11 is 0. The summed E-state index contributed by atoms with van der Waals surface area (Å²) in [5.74, 6) is 0.503. The lowest BCUT2D eigenvalue weighted by Crippen LogP contribution is -2.29. The van der Waals surface area contributed by atoms with Crippen LogP contribution in [-0.2, 0) is 0 Å². The van der Waals surface area contributed by atoms with Gasteiger partial charge in [0, 0.05) is 12.6 Å². The van der Waals surface area contributed by atoms with Gasteiger partial charge in [-0.2, -0.15) is 0 Å². The zero-order valence-corrected chi connectivity index (χ0v) is 11.6. The van der Waals surface area contributed by atoms with Gasteiger partial charge in [0.25, 0.3) is 5.91 Å². The summed E-state index contributed by atoms with van der Waals surface area (Å²) in [4.78, 5) is 11.9. The Hall–Kier alpha value is -1.26. The van der Waals surface area contributed by atoms with Gasteiger partial charge >= 0.3 is 0 Å². The molecule has 0 aliphatic carbocycles. The lowest BCUT2D eigenvalue weighted by Gasteiger charge is -2.11. The fourth-order valence-electron chi connectivity index (χ4n) is 1.44. The Balaban J connectivity index is 0.00000289. The van der Waals surface area contributed by atoms with Gasteiger partial charge in [-0.1, -0.05) is 12.1 Å². The van der Waals surface area contributed by atoms with Crippen molar-refractivity contribution in [1.29, 1.82) is 0 Å². The molecular formula is C13H21ClN2O2. The highest BCUT2D eigenvalue weighted by Gasteiger charge is 2.10. The molecule has 0 spiro atoms. The van der Waals surface area contributed by atoms with Crippen LogP contribution >= 0.6 is 12.4 Å². The number of nitrogens with one attached hydrogen (secondary N) is 1. The van der Waals surface area contributed by atoms with Crippen LogP contribution in [0.15, 0.2) is 24.3 Å². The van der Waals surface area contributed by atoms with Gasteiger partial charge < -0.3 is 15.8 Å². The summed E-state index contributed by atoms with van der Waals surface area (Å²) in [5.41, 5.74) is 6.19. The first-order chi connectivity index (χ1) is 8.15. The minimum atomic E-state index is -0.116. The standard InChI is InChI=1S/C13H20N2O2.ClH/c1-3-17-12-7-5-4-6-11(12)13(16)15-9-8-10(2)14;/h4-7,10H,3,8-9,14H2,1-2H3,(H,15,16);1H. The Kier molecular flexibility index (Phi) is 8.16. The number of halogens is 1. The molecule has 1 amide bonds. The molecule has 1 aromatic carbocycles. The maximum absolute atomic E-state index is 11.9. The number of rotatable bonds is 6. The van der Waals surface area contributed by atoms with E-state index in [0.29, 0.717) is 24.5 Å². The molecule has 1 atom stereocenters. The molecule has 18 heavy (non-hydrogen) atoms. The minimum absolute atomic E-state index is 0. The highest BCUT2D eigenvalue weighted by atomic mass is 35.5. The number of para-hydroxylation sites is 1. The highest BCUT2D eigenvalue weighted by molar-refractivity contribution is 5.96. The second-order valence-electron chi connectivity index (χ2n) is 3.95. The number of ether oxygens (including phenoxy) is 1. The van der Waals surface area contributed by atoms with Gasteiger partial charge in [0.05, 0.1) is 12.2 Å². The molecule has 102 valence electrons. The molecule has 0 aliphatic heterocycles. The lowest BCUT2D eigenvalue weighted by atomic mass is 10.2. The summed E-state index contributed by atoms with van der Waals surface area (Å²) in [6.45, 7) is 4.94. The van der Waals surface area contributed by atoms with E-state index in [1.807, 2.05) is 26.0 Å². The fourth-order valence-corrected chi connectivity index (χ4v) is 1.44. The van der Waals surface area contributed by atoms with Crippen LogP contribution in [0.4, 0.5) is 0 Å². The lowest BCUT2D eigenvalue weighted by molar-refractivity contribution is 0.0949. The van der Waals surface area contributed by atoms with Gasteiger partial charge in [0.1, 0.15) is 5.75 Å². The largest absolute Gasteiger partial charge is 0.493 e. The second kappa shape index (κ2) is 8.78. The third-order valence-corrected chi connectivity index (χ3v) is 2.32. The van der Waals surface area contributed by atoms with Crippen LogP contribution in [0.25, 0.3) is 0 Å². The molecule has 0 radical (unpaired) electrons. The molecular weight excluding hydrogens is 252 g/mol. The van der Waals surface area contributed by atoms with Crippen LogP contribution in [0.3, 0.4) is 0 Å². The van der Waals surface area contributed by atoms with E-state index < -0.39 is 0 Å². The SMILES string of the molecule is CCOc1ccccc1C(=O)NCCC(C)N.Cl. The summed E-state index contributed by atoms with van der Waals surface area (Å²) in [5, 5.41) is 2.83. The molecule has 0 saturated heterocycles. The first kappa shape index (κ1) is 16.7. The van der Waals surface area contributed by atoms with Crippen LogP contribution in [0.2, 0.25) is 0 Å². The molecule has 0 bridgehead atoms. The topological polar surface area (TPSA) is 64.3 Å². The van der Waals surface area contributed by atoms with E-state index in [1.165, 1.54) is 0 Å². The van der Waals surface area contributed by atoms with Gasteiger partial charge in [-0.3, -0.25) is 4.79 Å². The Bertz CT molecular complexity index is 370. The Labute approximate surface area is 114 Å². The highest BCUT2D eigenvalue weighted by Crippen LogP contribution is 2.17. The van der Waals surface area contributed by atoms with Crippen molar-refractivity contribution in [3.8, 4) is 5.75 Å². The molecule has 1 rings (SSSR count). The van der Waals surface area contributed by atoms with Crippen molar-refractivity contribution in [3.05, 3.63) is 29.8 Å². The van der Waals surface area contributed by atoms with E-state index in [4.69, 9.17) is 10.5 Å². The quantitative estimate of drug-likeness (QED) is 0.832. The van der Waals surface area contributed by atoms with Gasteiger partial charge in [-0.25, -0.2) is 0 Å².